The monoisotopic (exact) mass is 1690 g/mol. The van der Waals surface area contributed by atoms with E-state index in [2.05, 4.69) is 72.2 Å². The Labute approximate surface area is 670 Å². The quantitative estimate of drug-likeness (QED) is 0.0318. The first-order valence-electron chi connectivity index (χ1n) is 38.1. The molecule has 21 fully saturated rings. The molecule has 28 rings (SSSR count). The van der Waals surface area contributed by atoms with Crippen LogP contribution in [0.25, 0.3) is 0 Å². The predicted molar refractivity (Wildman–Crippen MR) is 374 cm³/mol. The van der Waals surface area contributed by atoms with Crippen LogP contribution in [0, 0.1) is 0 Å². The van der Waals surface area contributed by atoms with Gasteiger partial charge in [-0.15, -0.1) is 35.7 Å². The second-order valence-electron chi connectivity index (χ2n) is 29.8. The van der Waals surface area contributed by atoms with Gasteiger partial charge in [0.15, 0.2) is 44.0 Å². The summed E-state index contributed by atoms with van der Waals surface area (Å²) in [6.45, 7) is -3.90. The summed E-state index contributed by atoms with van der Waals surface area (Å²) in [5.41, 5.74) is 43.4. The van der Waals surface area contributed by atoms with Crippen LogP contribution in [0.5, 0.6) is 0 Å². The summed E-state index contributed by atoms with van der Waals surface area (Å²) < 4.78 is 99.1. The molecule has 0 aromatic carbocycles. The van der Waals surface area contributed by atoms with E-state index in [4.69, 9.17) is 106 Å². The fourth-order valence-electron chi connectivity index (χ4n) is 15.4. The third kappa shape index (κ3) is 18.5. The summed E-state index contributed by atoms with van der Waals surface area (Å²) in [5, 5.41) is 232. The SMILES string of the molecule is NCc1cn(C[C@H]2O[C@@H]3O[C@H]4[C@H](O)[C@@H](O)[C@@H](O[C@H]5[C@H](O)[C@@H](O)[C@@H](O[C@H]6[C@H](O)[C@@H](O)[C@@H](O[C@H]7[C@H](O)[C@@H](O)[C@@H](O[C@H]8[C@H](O)[C@@H](O)[C@@H](O[C@H]9[C@H](O)[C@@H](O)[C@@H](O[C@H]2[C@H](O)[C@H]3O)O[C@@H]9Cn2cc(CN)nn2)O[C@@H]8Cn2cc(CN)nn2)O[C@@H]7Cn2cc(CN)nn2)O[C@@H]6Cn2cc(CN)nn2)O[C@@H]5Cn2cc(CN)nn2)O[C@@H]4Cn2cc(CN)nn2)nn1. The number of nitrogens with zero attached hydrogens (tertiary/aromatic N) is 21. The van der Waals surface area contributed by atoms with Crippen molar-refractivity contribution in [2.75, 3.05) is 0 Å². The van der Waals surface area contributed by atoms with Crippen LogP contribution < -0.4 is 40.1 Å². The third-order valence-corrected chi connectivity index (χ3v) is 21.7. The highest BCUT2D eigenvalue weighted by atomic mass is 16.8. The van der Waals surface area contributed by atoms with Crippen LogP contribution in [0.3, 0.4) is 0 Å². The first kappa shape index (κ1) is 86.5. The number of hydrogen-bond donors (Lipinski definition) is 21. The molecular formula is C63H98N28O28. The molecule has 119 heavy (non-hydrogen) atoms. The maximum Gasteiger partial charge on any atom is 0.187 e. The van der Waals surface area contributed by atoms with Crippen molar-refractivity contribution in [3.63, 3.8) is 0 Å². The fraction of sp³-hybridized carbons (Fsp3) is 0.778. The zero-order chi connectivity index (χ0) is 83.9. The van der Waals surface area contributed by atoms with E-state index in [1.54, 1.807) is 0 Å². The van der Waals surface area contributed by atoms with Crippen molar-refractivity contribution in [3.8, 4) is 0 Å². The molecule has 0 saturated carbocycles. The molecule has 14 bridgehead atoms. The van der Waals surface area contributed by atoms with Crippen molar-refractivity contribution >= 4 is 0 Å². The Morgan fingerprint density at radius 2 is 0.311 bits per heavy atom. The van der Waals surface area contributed by atoms with Gasteiger partial charge in [0.25, 0.3) is 0 Å². The Bertz CT molecular complexity index is 3630. The van der Waals surface area contributed by atoms with E-state index in [0.29, 0.717) is 0 Å². The molecule has 0 radical (unpaired) electrons. The number of rotatable bonds is 21. The summed E-state index contributed by atoms with van der Waals surface area (Å²) in [6.07, 6.45) is -59.8. The van der Waals surface area contributed by atoms with Crippen LogP contribution in [-0.2, 0) is 158 Å². The van der Waals surface area contributed by atoms with Crippen molar-refractivity contribution in [3.05, 3.63) is 83.2 Å². The van der Waals surface area contributed by atoms with Crippen LogP contribution >= 0.6 is 0 Å². The molecule has 35 atom stereocenters. The Balaban J connectivity index is 0.816. The van der Waals surface area contributed by atoms with Crippen LogP contribution in [-0.4, -0.2) is 391 Å². The minimum absolute atomic E-state index is 0.106. The average molecular weight is 1700 g/mol. The number of aliphatic hydroxyl groups is 14. The van der Waals surface area contributed by atoms with Crippen molar-refractivity contribution in [1.82, 2.24) is 105 Å². The van der Waals surface area contributed by atoms with Gasteiger partial charge in [0, 0.05) is 89.2 Å². The molecule has 56 nitrogen and oxygen atoms in total. The molecule has 56 heteroatoms. The van der Waals surface area contributed by atoms with Gasteiger partial charge in [-0.25, -0.2) is 32.8 Å². The van der Waals surface area contributed by atoms with E-state index < -0.39 is 261 Å². The van der Waals surface area contributed by atoms with Gasteiger partial charge in [-0.05, 0) is 0 Å². The van der Waals surface area contributed by atoms with E-state index in [-0.39, 0.29) is 85.7 Å². The third-order valence-electron chi connectivity index (χ3n) is 21.7. The summed E-state index contributed by atoms with van der Waals surface area (Å²) in [7, 11) is 0. The van der Waals surface area contributed by atoms with Crippen molar-refractivity contribution < 1.29 is 138 Å². The lowest BCUT2D eigenvalue weighted by Crippen LogP contribution is -2.68. The highest BCUT2D eigenvalue weighted by molar-refractivity contribution is 5.06. The van der Waals surface area contributed by atoms with E-state index >= 15 is 0 Å². The number of aromatic nitrogens is 21. The average Bonchev–Trinajstić information content (AvgIpc) is 1.22. The molecule has 21 saturated heterocycles. The fourth-order valence-corrected chi connectivity index (χ4v) is 15.4. The summed E-state index contributed by atoms with van der Waals surface area (Å²) >= 11 is 0. The number of aliphatic hydroxyl groups excluding tert-OH is 14. The lowest BCUT2D eigenvalue weighted by molar-refractivity contribution is -0.395. The number of nitrogens with two attached hydrogens (primary N) is 7. The standard InChI is InChI=1S/C63H98N28O28/c64-1-22-8-85(78-71-22)15-29-50-36(92)43(99)57(106-29)114-51-30(16-86-9-23(2-65)72-79-86)108-59(45(101)38(51)94)116-53-32(18-88-11-25(4-67)74-81-88)110-61(47(103)40(53)96)118-55-34(20-90-13-27(6-69)76-83-90)112-63(49(105)42(55)98)119-56-35(21-91-14-28(7-70)77-84-91)111-62(48(104)41(56)97)117-54-33(19-89-12-26(5-68)75-82-89)109-60(46(102)39(54)95)115-52-31(17-87-10-24(3-66)73-80-87)107-58(113-50)44(100)37(52)93/h8-14,29-63,92-105H,1-7,15-21,64-70H2/t29-,30-,31-,32-,33-,34-,35-,36-,37-,38-,39-,40-,41-,42-,43-,44-,45-,46-,47-,48-,49-,50-,51-,52-,53-,54-,55-,56-,57-,58-,59-,60-,61-,62-,63-/m1/s1. The molecular weight excluding hydrogens is 1600 g/mol. The van der Waals surface area contributed by atoms with Crippen LogP contribution in [0.1, 0.15) is 39.9 Å². The molecule has 0 unspecified atom stereocenters. The van der Waals surface area contributed by atoms with Gasteiger partial charge in [0.2, 0.25) is 0 Å². The topological polar surface area (TPSA) is 810 Å². The maximum atomic E-state index is 12.5. The molecule has 28 N–H and O–H groups in total. The smallest absolute Gasteiger partial charge is 0.187 e. The Kier molecular flexibility index (Phi) is 27.1. The van der Waals surface area contributed by atoms with Gasteiger partial charge < -0.3 is 178 Å². The molecule has 7 aromatic rings. The molecule has 21 aliphatic heterocycles. The van der Waals surface area contributed by atoms with Gasteiger partial charge in [-0.3, -0.25) is 0 Å². The minimum Gasteiger partial charge on any atom is -0.387 e. The van der Waals surface area contributed by atoms with Crippen molar-refractivity contribution in [2.45, 2.75) is 307 Å². The Morgan fingerprint density at radius 1 is 0.193 bits per heavy atom. The zero-order valence-electron chi connectivity index (χ0n) is 63.1. The van der Waals surface area contributed by atoms with Gasteiger partial charge >= 0.3 is 0 Å². The molecule has 21 aliphatic rings. The van der Waals surface area contributed by atoms with Gasteiger partial charge in [0.1, 0.15) is 171 Å². The minimum atomic E-state index is -2.24. The zero-order valence-corrected chi connectivity index (χ0v) is 63.1. The summed E-state index contributed by atoms with van der Waals surface area (Å²) in [4.78, 5) is 0. The van der Waals surface area contributed by atoms with Gasteiger partial charge in [0.05, 0.1) is 85.7 Å². The molecule has 7 aromatic heterocycles. The first-order valence-corrected chi connectivity index (χ1v) is 38.1. The molecule has 0 aliphatic carbocycles. The van der Waals surface area contributed by atoms with Crippen LogP contribution in [0.15, 0.2) is 43.4 Å². The van der Waals surface area contributed by atoms with Crippen LogP contribution in [0.2, 0.25) is 0 Å². The lowest BCUT2D eigenvalue weighted by Gasteiger charge is -2.50. The maximum absolute atomic E-state index is 12.5. The van der Waals surface area contributed by atoms with Gasteiger partial charge in [-0.1, -0.05) is 36.5 Å². The Hall–Kier alpha value is -7.42. The van der Waals surface area contributed by atoms with E-state index in [1.807, 2.05) is 0 Å². The van der Waals surface area contributed by atoms with Gasteiger partial charge in [-0.2, -0.15) is 0 Å². The second-order valence-corrected chi connectivity index (χ2v) is 29.8. The lowest BCUT2D eigenvalue weighted by atomic mass is 9.94. The normalized spacial score (nSPS) is 40.1. The molecule has 658 valence electrons. The van der Waals surface area contributed by atoms with E-state index in [1.165, 1.54) is 76.2 Å². The molecule has 0 amide bonds. The predicted octanol–water partition coefficient (Wildman–Crippen LogP) is -16.9. The van der Waals surface area contributed by atoms with E-state index in [0.717, 1.165) is 0 Å². The second kappa shape index (κ2) is 37.3. The van der Waals surface area contributed by atoms with Crippen molar-refractivity contribution in [2.24, 2.45) is 40.1 Å². The largest absolute Gasteiger partial charge is 0.387 e. The Morgan fingerprint density at radius 3 is 0.412 bits per heavy atom. The first-order chi connectivity index (χ1) is 57.3. The molecule has 0 spiro atoms. The highest BCUT2D eigenvalue weighted by Crippen LogP contribution is 2.41. The van der Waals surface area contributed by atoms with Crippen molar-refractivity contribution in [1.29, 1.82) is 0 Å². The highest BCUT2D eigenvalue weighted by Gasteiger charge is 2.61. The number of ether oxygens (including phenoxy) is 14. The summed E-state index contributed by atoms with van der Waals surface area (Å²) in [6, 6.07) is 0. The van der Waals surface area contributed by atoms with E-state index in [9.17, 15) is 71.5 Å². The van der Waals surface area contributed by atoms with Crippen LogP contribution in [0.4, 0.5) is 0 Å². The molecule has 28 heterocycles. The number of hydrogen-bond acceptors (Lipinski definition) is 49. The summed E-state index contributed by atoms with van der Waals surface area (Å²) in [5.74, 6) is 0.